The van der Waals surface area contributed by atoms with Crippen molar-refractivity contribution in [1.29, 1.82) is 0 Å². The van der Waals surface area contributed by atoms with Gasteiger partial charge in [0, 0.05) is 25.7 Å². The van der Waals surface area contributed by atoms with E-state index in [1.165, 1.54) is 0 Å². The zero-order valence-corrected chi connectivity index (χ0v) is 11.1. The van der Waals surface area contributed by atoms with Gasteiger partial charge in [-0.3, -0.25) is 4.90 Å². The summed E-state index contributed by atoms with van der Waals surface area (Å²) in [5, 5.41) is 4.21. The molecule has 0 aromatic carbocycles. The van der Waals surface area contributed by atoms with Gasteiger partial charge in [0.15, 0.2) is 0 Å². The second-order valence-electron chi connectivity index (χ2n) is 4.63. The number of nitrogens with zero attached hydrogens (tertiary/aromatic N) is 4. The first kappa shape index (κ1) is 14.1. The van der Waals surface area contributed by atoms with E-state index in [-0.39, 0.29) is 6.04 Å². The molecule has 1 aromatic heterocycles. The van der Waals surface area contributed by atoms with Crippen LogP contribution in [0.15, 0.2) is 6.33 Å². The van der Waals surface area contributed by atoms with Crippen molar-refractivity contribution in [3.05, 3.63) is 12.2 Å². The topological polar surface area (TPSA) is 69.2 Å². The maximum absolute atomic E-state index is 5.90. The average Bonchev–Trinajstić information content (AvgIpc) is 2.65. The van der Waals surface area contributed by atoms with E-state index >= 15 is 0 Å². The van der Waals surface area contributed by atoms with Crippen LogP contribution in [-0.2, 0) is 11.3 Å². The van der Waals surface area contributed by atoms with E-state index in [2.05, 4.69) is 28.8 Å². The van der Waals surface area contributed by atoms with Crippen LogP contribution in [0.3, 0.4) is 0 Å². The summed E-state index contributed by atoms with van der Waals surface area (Å²) >= 11 is 0. The van der Waals surface area contributed by atoms with E-state index in [1.54, 1.807) is 13.4 Å². The van der Waals surface area contributed by atoms with Gasteiger partial charge in [0.2, 0.25) is 0 Å². The standard InChI is InChI=1S/C11H23N5O/c1-9(2)16-11(13-8-14-16)6-15(3)5-10(12)7-17-4/h8-10H,5-7,12H2,1-4H3. The lowest BCUT2D eigenvalue weighted by atomic mass is 10.3. The molecule has 1 unspecified atom stereocenters. The minimum atomic E-state index is 0.0282. The fraction of sp³-hybridized carbons (Fsp3) is 0.818. The third-order valence-electron chi connectivity index (χ3n) is 2.47. The summed E-state index contributed by atoms with van der Waals surface area (Å²) in [7, 11) is 3.68. The van der Waals surface area contributed by atoms with Gasteiger partial charge in [-0.15, -0.1) is 0 Å². The number of hydrogen-bond donors (Lipinski definition) is 1. The predicted octanol–water partition coefficient (Wildman–Crippen LogP) is 0.265. The molecular formula is C11H23N5O. The van der Waals surface area contributed by atoms with E-state index in [9.17, 15) is 0 Å². The molecule has 0 fully saturated rings. The number of likely N-dealkylation sites (N-methyl/N-ethyl adjacent to an activating group) is 1. The molecule has 1 atom stereocenters. The van der Waals surface area contributed by atoms with Crippen LogP contribution in [0.1, 0.15) is 25.7 Å². The van der Waals surface area contributed by atoms with E-state index in [0.717, 1.165) is 18.9 Å². The first-order chi connectivity index (χ1) is 8.04. The van der Waals surface area contributed by atoms with Gasteiger partial charge in [0.05, 0.1) is 13.2 Å². The molecule has 0 aliphatic rings. The number of ether oxygens (including phenoxy) is 1. The Balaban J connectivity index is 2.50. The van der Waals surface area contributed by atoms with Crippen LogP contribution in [-0.4, -0.2) is 53.0 Å². The molecule has 6 nitrogen and oxygen atoms in total. The van der Waals surface area contributed by atoms with Gasteiger partial charge < -0.3 is 10.5 Å². The predicted molar refractivity (Wildman–Crippen MR) is 66.6 cm³/mol. The number of aromatic nitrogens is 3. The average molecular weight is 241 g/mol. The molecule has 0 bridgehead atoms. The van der Waals surface area contributed by atoms with E-state index in [0.29, 0.717) is 12.6 Å². The number of nitrogens with two attached hydrogens (primary N) is 1. The molecule has 2 N–H and O–H groups in total. The van der Waals surface area contributed by atoms with Crippen molar-refractivity contribution >= 4 is 0 Å². The Morgan fingerprint density at radius 2 is 2.24 bits per heavy atom. The molecule has 1 aromatic rings. The molecule has 0 radical (unpaired) electrons. The van der Waals surface area contributed by atoms with Crippen molar-refractivity contribution in [3.63, 3.8) is 0 Å². The third kappa shape index (κ3) is 4.41. The molecule has 0 aliphatic carbocycles. The van der Waals surface area contributed by atoms with Gasteiger partial charge in [-0.2, -0.15) is 5.10 Å². The Morgan fingerprint density at radius 1 is 1.53 bits per heavy atom. The monoisotopic (exact) mass is 241 g/mol. The molecule has 17 heavy (non-hydrogen) atoms. The number of methoxy groups -OCH3 is 1. The molecule has 6 heteroatoms. The Kier molecular flexibility index (Phi) is 5.54. The number of rotatable bonds is 7. The lowest BCUT2D eigenvalue weighted by molar-refractivity contribution is 0.158. The maximum Gasteiger partial charge on any atom is 0.141 e. The molecule has 98 valence electrons. The van der Waals surface area contributed by atoms with Gasteiger partial charge in [0.1, 0.15) is 12.2 Å². The van der Waals surface area contributed by atoms with Crippen LogP contribution in [0.2, 0.25) is 0 Å². The Labute approximate surface area is 103 Å². The highest BCUT2D eigenvalue weighted by Crippen LogP contribution is 2.07. The zero-order chi connectivity index (χ0) is 12.8. The lowest BCUT2D eigenvalue weighted by Crippen LogP contribution is -2.38. The van der Waals surface area contributed by atoms with Gasteiger partial charge in [0.25, 0.3) is 0 Å². The molecule has 0 saturated heterocycles. The molecule has 1 rings (SSSR count). The summed E-state index contributed by atoms with van der Waals surface area (Å²) in [5.74, 6) is 0.965. The second-order valence-corrected chi connectivity index (χ2v) is 4.63. The minimum absolute atomic E-state index is 0.0282. The van der Waals surface area contributed by atoms with Crippen molar-refractivity contribution in [1.82, 2.24) is 19.7 Å². The highest BCUT2D eigenvalue weighted by atomic mass is 16.5. The minimum Gasteiger partial charge on any atom is -0.383 e. The van der Waals surface area contributed by atoms with Crippen molar-refractivity contribution in [3.8, 4) is 0 Å². The second kappa shape index (κ2) is 6.68. The molecule has 0 amide bonds. The van der Waals surface area contributed by atoms with Gasteiger partial charge in [-0.05, 0) is 20.9 Å². The van der Waals surface area contributed by atoms with Crippen molar-refractivity contribution in [2.24, 2.45) is 5.73 Å². The van der Waals surface area contributed by atoms with Gasteiger partial charge in [-0.1, -0.05) is 0 Å². The smallest absolute Gasteiger partial charge is 0.141 e. The van der Waals surface area contributed by atoms with E-state index in [1.807, 2.05) is 11.7 Å². The summed E-state index contributed by atoms with van der Waals surface area (Å²) in [6, 6.07) is 0.356. The zero-order valence-electron chi connectivity index (χ0n) is 11.1. The van der Waals surface area contributed by atoms with Crippen LogP contribution in [0, 0.1) is 0 Å². The molecule has 0 saturated carbocycles. The first-order valence-corrected chi connectivity index (χ1v) is 5.86. The molecule has 0 aliphatic heterocycles. The van der Waals surface area contributed by atoms with Crippen molar-refractivity contribution in [2.45, 2.75) is 32.5 Å². The summed E-state index contributed by atoms with van der Waals surface area (Å²) < 4.78 is 6.95. The van der Waals surface area contributed by atoms with Crippen LogP contribution < -0.4 is 5.73 Å². The summed E-state index contributed by atoms with van der Waals surface area (Å²) in [6.07, 6.45) is 1.60. The molecule has 1 heterocycles. The first-order valence-electron chi connectivity index (χ1n) is 5.86. The van der Waals surface area contributed by atoms with Gasteiger partial charge in [-0.25, -0.2) is 9.67 Å². The highest BCUT2D eigenvalue weighted by molar-refractivity contribution is 4.86. The van der Waals surface area contributed by atoms with Crippen molar-refractivity contribution < 1.29 is 4.74 Å². The summed E-state index contributed by atoms with van der Waals surface area (Å²) in [4.78, 5) is 6.40. The Bertz CT molecular complexity index is 325. The highest BCUT2D eigenvalue weighted by Gasteiger charge is 2.12. The molecule has 0 spiro atoms. The lowest BCUT2D eigenvalue weighted by Gasteiger charge is -2.21. The largest absolute Gasteiger partial charge is 0.383 e. The summed E-state index contributed by atoms with van der Waals surface area (Å²) in [5.41, 5.74) is 5.90. The van der Waals surface area contributed by atoms with Crippen LogP contribution >= 0.6 is 0 Å². The van der Waals surface area contributed by atoms with Crippen LogP contribution in [0.4, 0.5) is 0 Å². The quantitative estimate of drug-likeness (QED) is 0.742. The Morgan fingerprint density at radius 3 is 2.82 bits per heavy atom. The van der Waals surface area contributed by atoms with E-state index < -0.39 is 0 Å². The van der Waals surface area contributed by atoms with Crippen LogP contribution in [0.25, 0.3) is 0 Å². The maximum atomic E-state index is 5.90. The number of hydrogen-bond acceptors (Lipinski definition) is 5. The third-order valence-corrected chi connectivity index (χ3v) is 2.47. The fourth-order valence-electron chi connectivity index (χ4n) is 1.79. The van der Waals surface area contributed by atoms with Gasteiger partial charge >= 0.3 is 0 Å². The summed E-state index contributed by atoms with van der Waals surface area (Å²) in [6.45, 7) is 6.28. The van der Waals surface area contributed by atoms with Crippen LogP contribution in [0.5, 0.6) is 0 Å². The van der Waals surface area contributed by atoms with E-state index in [4.69, 9.17) is 10.5 Å². The molecular weight excluding hydrogens is 218 g/mol. The normalized spacial score (nSPS) is 13.6. The Hall–Kier alpha value is -0.980. The van der Waals surface area contributed by atoms with Crippen molar-refractivity contribution in [2.75, 3.05) is 27.3 Å². The SMILES string of the molecule is COCC(N)CN(C)Cc1ncnn1C(C)C. The fourth-order valence-corrected chi connectivity index (χ4v) is 1.79.